The summed E-state index contributed by atoms with van der Waals surface area (Å²) in [5.41, 5.74) is 10.7. The van der Waals surface area contributed by atoms with E-state index in [1.54, 1.807) is 0 Å². The van der Waals surface area contributed by atoms with Crippen LogP contribution in [0.25, 0.3) is 0 Å². The molecule has 106 valence electrons. The molecule has 1 aliphatic rings. The van der Waals surface area contributed by atoms with Gasteiger partial charge in [0.05, 0.1) is 0 Å². The van der Waals surface area contributed by atoms with Crippen LogP contribution in [0.15, 0.2) is 18.2 Å². The van der Waals surface area contributed by atoms with Gasteiger partial charge in [-0.2, -0.15) is 0 Å². The van der Waals surface area contributed by atoms with Gasteiger partial charge in [-0.3, -0.25) is 0 Å². The van der Waals surface area contributed by atoms with E-state index in [2.05, 4.69) is 45.9 Å². The number of hydrogen-bond acceptors (Lipinski definition) is 2. The van der Waals surface area contributed by atoms with E-state index in [1.165, 1.54) is 16.7 Å². The molecule has 1 saturated heterocycles. The van der Waals surface area contributed by atoms with Crippen LogP contribution >= 0.6 is 0 Å². The van der Waals surface area contributed by atoms with Gasteiger partial charge in [0.1, 0.15) is 0 Å². The van der Waals surface area contributed by atoms with Crippen LogP contribution in [0.3, 0.4) is 0 Å². The molecule has 1 aliphatic heterocycles. The number of ether oxygens (including phenoxy) is 1. The summed E-state index contributed by atoms with van der Waals surface area (Å²) < 4.78 is 5.46. The van der Waals surface area contributed by atoms with Crippen molar-refractivity contribution in [2.75, 3.05) is 13.2 Å². The lowest BCUT2D eigenvalue weighted by Crippen LogP contribution is -2.42. The molecule has 0 saturated carbocycles. The summed E-state index contributed by atoms with van der Waals surface area (Å²) >= 11 is 0. The largest absolute Gasteiger partial charge is 0.381 e. The molecule has 0 atom stereocenters. The van der Waals surface area contributed by atoms with E-state index in [4.69, 9.17) is 10.5 Å². The van der Waals surface area contributed by atoms with Crippen LogP contribution in [0, 0.1) is 0 Å². The molecule has 1 fully saturated rings. The predicted octanol–water partition coefficient (Wildman–Crippen LogP) is 3.51. The van der Waals surface area contributed by atoms with E-state index in [0.29, 0.717) is 0 Å². The highest BCUT2D eigenvalue weighted by Gasteiger charge is 2.31. The van der Waals surface area contributed by atoms with Crippen molar-refractivity contribution in [3.05, 3.63) is 34.9 Å². The molecule has 0 aliphatic carbocycles. The average Bonchev–Trinajstić information content (AvgIpc) is 2.38. The zero-order valence-corrected chi connectivity index (χ0v) is 12.8. The van der Waals surface area contributed by atoms with E-state index >= 15 is 0 Å². The van der Waals surface area contributed by atoms with Gasteiger partial charge in [0, 0.05) is 18.8 Å². The summed E-state index contributed by atoms with van der Waals surface area (Å²) in [6.07, 6.45) is 2.90. The lowest BCUT2D eigenvalue weighted by molar-refractivity contribution is 0.0522. The summed E-state index contributed by atoms with van der Waals surface area (Å²) in [4.78, 5) is 0. The molecule has 2 nitrogen and oxygen atoms in total. The molecular formula is C17H27NO. The molecule has 1 aromatic rings. The van der Waals surface area contributed by atoms with Crippen LogP contribution in [0.5, 0.6) is 0 Å². The average molecular weight is 261 g/mol. The maximum atomic E-state index is 6.64. The van der Waals surface area contributed by atoms with Gasteiger partial charge >= 0.3 is 0 Å². The molecule has 2 heteroatoms. The molecule has 2 N–H and O–H groups in total. The van der Waals surface area contributed by atoms with Gasteiger partial charge < -0.3 is 10.5 Å². The molecule has 2 rings (SSSR count). The van der Waals surface area contributed by atoms with Crippen LogP contribution in [0.4, 0.5) is 0 Å². The van der Waals surface area contributed by atoms with Crippen molar-refractivity contribution < 1.29 is 4.74 Å². The third-order valence-electron chi connectivity index (χ3n) is 4.23. The van der Waals surface area contributed by atoms with Crippen molar-refractivity contribution in [3.8, 4) is 0 Å². The smallest absolute Gasteiger partial charge is 0.0486 e. The Bertz CT molecular complexity index is 439. The Hall–Kier alpha value is -0.860. The lowest BCUT2D eigenvalue weighted by atomic mass is 9.78. The number of rotatable bonds is 2. The van der Waals surface area contributed by atoms with Gasteiger partial charge in [-0.1, -0.05) is 45.9 Å². The molecule has 0 amide bonds. The Morgan fingerprint density at radius 2 is 1.79 bits per heavy atom. The summed E-state index contributed by atoms with van der Waals surface area (Å²) in [6, 6.07) is 6.93. The van der Waals surface area contributed by atoms with Crippen molar-refractivity contribution in [3.63, 3.8) is 0 Å². The highest BCUT2D eigenvalue weighted by Crippen LogP contribution is 2.33. The van der Waals surface area contributed by atoms with Gasteiger partial charge in [0.2, 0.25) is 0 Å². The Morgan fingerprint density at radius 3 is 2.32 bits per heavy atom. The summed E-state index contributed by atoms with van der Waals surface area (Å²) in [5.74, 6) is 0. The first kappa shape index (κ1) is 14.5. The molecule has 0 bridgehead atoms. The van der Waals surface area contributed by atoms with Crippen LogP contribution < -0.4 is 5.73 Å². The molecule has 0 radical (unpaired) electrons. The summed E-state index contributed by atoms with van der Waals surface area (Å²) in [6.45, 7) is 10.5. The highest BCUT2D eigenvalue weighted by molar-refractivity contribution is 5.38. The van der Waals surface area contributed by atoms with E-state index in [0.717, 1.165) is 32.5 Å². The summed E-state index contributed by atoms with van der Waals surface area (Å²) in [5, 5.41) is 0. The fourth-order valence-electron chi connectivity index (χ4n) is 2.64. The number of aryl methyl sites for hydroxylation is 1. The first-order chi connectivity index (χ1) is 8.85. The molecule has 1 aromatic carbocycles. The van der Waals surface area contributed by atoms with Gasteiger partial charge in [0.15, 0.2) is 0 Å². The molecule has 0 aromatic heterocycles. The Morgan fingerprint density at radius 1 is 1.16 bits per heavy atom. The van der Waals surface area contributed by atoms with E-state index in [9.17, 15) is 0 Å². The minimum Gasteiger partial charge on any atom is -0.381 e. The first-order valence-corrected chi connectivity index (χ1v) is 7.37. The second-order valence-electron chi connectivity index (χ2n) is 6.79. The predicted molar refractivity (Wildman–Crippen MR) is 80.4 cm³/mol. The Balaban J connectivity index is 2.44. The molecule has 1 heterocycles. The Kier molecular flexibility index (Phi) is 4.03. The third-order valence-corrected chi connectivity index (χ3v) is 4.23. The number of nitrogens with two attached hydrogens (primary N) is 1. The SMILES string of the molecule is CCc1cc(C(C)(C)C)cc(C2(N)CCOCC2)c1. The van der Waals surface area contributed by atoms with Crippen LogP contribution in [0.1, 0.15) is 57.2 Å². The lowest BCUT2D eigenvalue weighted by Gasteiger charge is -2.35. The molecule has 0 spiro atoms. The fraction of sp³-hybridized carbons (Fsp3) is 0.647. The molecular weight excluding hydrogens is 234 g/mol. The minimum atomic E-state index is -0.205. The molecule has 19 heavy (non-hydrogen) atoms. The van der Waals surface area contributed by atoms with Crippen LogP contribution in [0.2, 0.25) is 0 Å². The maximum absolute atomic E-state index is 6.64. The monoisotopic (exact) mass is 261 g/mol. The maximum Gasteiger partial charge on any atom is 0.0486 e. The minimum absolute atomic E-state index is 0.168. The van der Waals surface area contributed by atoms with E-state index in [1.807, 2.05) is 0 Å². The second kappa shape index (κ2) is 5.26. The topological polar surface area (TPSA) is 35.2 Å². The Labute approximate surface area is 117 Å². The van der Waals surface area contributed by atoms with Crippen molar-refractivity contribution in [2.45, 2.75) is 57.9 Å². The third kappa shape index (κ3) is 3.18. The van der Waals surface area contributed by atoms with Crippen molar-refractivity contribution in [1.29, 1.82) is 0 Å². The first-order valence-electron chi connectivity index (χ1n) is 7.37. The van der Waals surface area contributed by atoms with Gasteiger partial charge in [-0.25, -0.2) is 0 Å². The second-order valence-corrected chi connectivity index (χ2v) is 6.79. The van der Waals surface area contributed by atoms with E-state index < -0.39 is 0 Å². The van der Waals surface area contributed by atoms with Gasteiger partial charge in [0.25, 0.3) is 0 Å². The van der Waals surface area contributed by atoms with Crippen LogP contribution in [-0.2, 0) is 22.1 Å². The van der Waals surface area contributed by atoms with Gasteiger partial charge in [-0.15, -0.1) is 0 Å². The van der Waals surface area contributed by atoms with Crippen molar-refractivity contribution in [1.82, 2.24) is 0 Å². The highest BCUT2D eigenvalue weighted by atomic mass is 16.5. The zero-order valence-electron chi connectivity index (χ0n) is 12.8. The van der Waals surface area contributed by atoms with Gasteiger partial charge in [-0.05, 0) is 41.4 Å². The van der Waals surface area contributed by atoms with Crippen molar-refractivity contribution in [2.24, 2.45) is 5.73 Å². The van der Waals surface area contributed by atoms with Crippen LogP contribution in [-0.4, -0.2) is 13.2 Å². The normalized spacial score (nSPS) is 19.4. The summed E-state index contributed by atoms with van der Waals surface area (Å²) in [7, 11) is 0. The number of hydrogen-bond donors (Lipinski definition) is 1. The molecule has 0 unspecified atom stereocenters. The van der Waals surface area contributed by atoms with Crippen molar-refractivity contribution >= 4 is 0 Å². The standard InChI is InChI=1S/C17H27NO/c1-5-13-10-14(16(2,3)4)12-15(11-13)17(18)6-8-19-9-7-17/h10-12H,5-9,18H2,1-4H3. The quantitative estimate of drug-likeness (QED) is 0.884. The number of benzene rings is 1. The van der Waals surface area contributed by atoms with E-state index in [-0.39, 0.29) is 11.0 Å². The fourth-order valence-corrected chi connectivity index (χ4v) is 2.64. The zero-order chi connectivity index (χ0) is 14.1.